The molecule has 1 aromatic carbocycles. The van der Waals surface area contributed by atoms with Crippen LogP contribution in [-0.2, 0) is 0 Å². The highest BCUT2D eigenvalue weighted by Crippen LogP contribution is 2.33. The number of nitrogens with zero attached hydrogens (tertiary/aromatic N) is 1. The van der Waals surface area contributed by atoms with Gasteiger partial charge in [0, 0.05) is 28.2 Å². The zero-order valence-electron chi connectivity index (χ0n) is 11.6. The van der Waals surface area contributed by atoms with Crippen molar-refractivity contribution in [3.8, 4) is 0 Å². The van der Waals surface area contributed by atoms with Crippen LogP contribution in [-0.4, -0.2) is 28.9 Å². The van der Waals surface area contributed by atoms with Crippen molar-refractivity contribution >= 4 is 28.6 Å². The lowest BCUT2D eigenvalue weighted by atomic mass is 10.0. The van der Waals surface area contributed by atoms with Gasteiger partial charge >= 0.3 is 0 Å². The number of aryl methyl sites for hydroxylation is 1. The molecule has 2 aromatic rings. The predicted octanol–water partition coefficient (Wildman–Crippen LogP) is 3.14. The fourth-order valence-corrected chi connectivity index (χ4v) is 3.34. The number of aromatic nitrogens is 1. The number of hydrogen-bond donors (Lipinski definition) is 2. The van der Waals surface area contributed by atoms with Gasteiger partial charge in [-0.05, 0) is 49.7 Å². The fraction of sp³-hybridized carbons (Fsp3) is 0.375. The van der Waals surface area contributed by atoms with Crippen LogP contribution in [0.4, 0.5) is 0 Å². The van der Waals surface area contributed by atoms with Gasteiger partial charge in [-0.1, -0.05) is 18.2 Å². The third kappa shape index (κ3) is 2.06. The Labute approximate surface area is 123 Å². The van der Waals surface area contributed by atoms with Gasteiger partial charge in [-0.15, -0.1) is 0 Å². The minimum Gasteiger partial charge on any atom is -0.391 e. The van der Waals surface area contributed by atoms with Gasteiger partial charge < -0.3 is 15.0 Å². The fourth-order valence-electron chi connectivity index (χ4n) is 3.17. The molecule has 20 heavy (non-hydrogen) atoms. The van der Waals surface area contributed by atoms with E-state index >= 15 is 0 Å². The SMILES string of the molecule is C=Cc1c(C)c2cc(Cl)ccc2n1C1CNCCC1O. The Morgan fingerprint density at radius 1 is 1.50 bits per heavy atom. The largest absolute Gasteiger partial charge is 0.391 e. The minimum atomic E-state index is -0.333. The van der Waals surface area contributed by atoms with E-state index in [0.29, 0.717) is 0 Å². The van der Waals surface area contributed by atoms with Crippen molar-refractivity contribution < 1.29 is 5.11 Å². The van der Waals surface area contributed by atoms with Gasteiger partial charge in [0.15, 0.2) is 0 Å². The quantitative estimate of drug-likeness (QED) is 0.891. The van der Waals surface area contributed by atoms with Crippen LogP contribution < -0.4 is 5.32 Å². The highest BCUT2D eigenvalue weighted by atomic mass is 35.5. The van der Waals surface area contributed by atoms with Crippen molar-refractivity contribution in [2.24, 2.45) is 0 Å². The second-order valence-electron chi connectivity index (χ2n) is 5.37. The summed E-state index contributed by atoms with van der Waals surface area (Å²) in [6.07, 6.45) is 2.30. The van der Waals surface area contributed by atoms with E-state index in [4.69, 9.17) is 11.6 Å². The van der Waals surface area contributed by atoms with Crippen LogP contribution in [0.15, 0.2) is 24.8 Å². The summed E-state index contributed by atoms with van der Waals surface area (Å²) in [6, 6.07) is 5.95. The smallest absolute Gasteiger partial charge is 0.0772 e. The standard InChI is InChI=1S/C16H19ClN2O/c1-3-13-10(2)12-8-11(17)4-5-14(12)19(13)15-9-18-7-6-16(15)20/h3-5,8,15-16,18,20H,1,6-7,9H2,2H3. The van der Waals surface area contributed by atoms with Gasteiger partial charge in [-0.25, -0.2) is 0 Å². The summed E-state index contributed by atoms with van der Waals surface area (Å²) >= 11 is 6.11. The number of hydrogen-bond acceptors (Lipinski definition) is 2. The van der Waals surface area contributed by atoms with E-state index in [0.717, 1.165) is 46.7 Å². The van der Waals surface area contributed by atoms with Crippen molar-refractivity contribution in [3.63, 3.8) is 0 Å². The van der Waals surface area contributed by atoms with Crippen LogP contribution in [0.1, 0.15) is 23.7 Å². The lowest BCUT2D eigenvalue weighted by molar-refractivity contribution is 0.0860. The summed E-state index contributed by atoms with van der Waals surface area (Å²) in [5.74, 6) is 0. The summed E-state index contributed by atoms with van der Waals surface area (Å²) in [5.41, 5.74) is 3.33. The molecule has 0 saturated carbocycles. The predicted molar refractivity (Wildman–Crippen MR) is 84.3 cm³/mol. The molecule has 2 unspecified atom stereocenters. The Morgan fingerprint density at radius 2 is 2.30 bits per heavy atom. The van der Waals surface area contributed by atoms with E-state index in [-0.39, 0.29) is 12.1 Å². The van der Waals surface area contributed by atoms with Gasteiger partial charge in [0.25, 0.3) is 0 Å². The number of piperidine rings is 1. The maximum Gasteiger partial charge on any atom is 0.0772 e. The van der Waals surface area contributed by atoms with E-state index in [1.54, 1.807) is 0 Å². The Kier molecular flexibility index (Phi) is 3.59. The summed E-state index contributed by atoms with van der Waals surface area (Å²) in [5, 5.41) is 15.6. The molecule has 0 radical (unpaired) electrons. The normalized spacial score (nSPS) is 23.1. The van der Waals surface area contributed by atoms with E-state index in [2.05, 4.69) is 23.4 Å². The van der Waals surface area contributed by atoms with Gasteiger partial charge in [-0.3, -0.25) is 0 Å². The van der Waals surface area contributed by atoms with E-state index in [1.165, 1.54) is 0 Å². The van der Waals surface area contributed by atoms with E-state index < -0.39 is 0 Å². The first-order valence-electron chi connectivity index (χ1n) is 6.94. The highest BCUT2D eigenvalue weighted by Gasteiger charge is 2.28. The molecule has 3 nitrogen and oxygen atoms in total. The average Bonchev–Trinajstić information content (AvgIpc) is 2.72. The summed E-state index contributed by atoms with van der Waals surface area (Å²) in [4.78, 5) is 0. The Morgan fingerprint density at radius 3 is 3.00 bits per heavy atom. The lowest BCUT2D eigenvalue weighted by Gasteiger charge is -2.31. The van der Waals surface area contributed by atoms with Crippen molar-refractivity contribution in [1.29, 1.82) is 0 Å². The topological polar surface area (TPSA) is 37.2 Å². The first kappa shape index (κ1) is 13.7. The molecule has 1 aliphatic heterocycles. The van der Waals surface area contributed by atoms with Crippen LogP contribution in [0.3, 0.4) is 0 Å². The molecule has 1 aromatic heterocycles. The number of halogens is 1. The summed E-state index contributed by atoms with van der Waals surface area (Å²) in [6.45, 7) is 7.65. The molecule has 1 saturated heterocycles. The maximum absolute atomic E-state index is 10.3. The van der Waals surface area contributed by atoms with Crippen LogP contribution in [0.25, 0.3) is 17.0 Å². The molecule has 0 amide bonds. The molecular weight excluding hydrogens is 272 g/mol. The summed E-state index contributed by atoms with van der Waals surface area (Å²) in [7, 11) is 0. The molecule has 0 bridgehead atoms. The second-order valence-corrected chi connectivity index (χ2v) is 5.81. The van der Waals surface area contributed by atoms with E-state index in [1.807, 2.05) is 24.3 Å². The zero-order chi connectivity index (χ0) is 14.3. The highest BCUT2D eigenvalue weighted by molar-refractivity contribution is 6.31. The van der Waals surface area contributed by atoms with Gasteiger partial charge in [0.05, 0.1) is 12.1 Å². The van der Waals surface area contributed by atoms with Gasteiger partial charge in [-0.2, -0.15) is 0 Å². The maximum atomic E-state index is 10.3. The van der Waals surface area contributed by atoms with Crippen LogP contribution in [0.5, 0.6) is 0 Å². The number of benzene rings is 1. The molecule has 0 aliphatic carbocycles. The third-order valence-electron chi connectivity index (χ3n) is 4.21. The number of aliphatic hydroxyl groups is 1. The van der Waals surface area contributed by atoms with Crippen molar-refractivity contribution in [1.82, 2.24) is 9.88 Å². The number of fused-ring (bicyclic) bond motifs is 1. The molecule has 1 fully saturated rings. The first-order chi connectivity index (χ1) is 9.63. The Balaban J connectivity index is 2.25. The van der Waals surface area contributed by atoms with Crippen molar-refractivity contribution in [2.75, 3.05) is 13.1 Å². The Bertz CT molecular complexity index is 662. The molecule has 2 heterocycles. The monoisotopic (exact) mass is 290 g/mol. The summed E-state index contributed by atoms with van der Waals surface area (Å²) < 4.78 is 2.20. The van der Waals surface area contributed by atoms with Crippen LogP contribution >= 0.6 is 11.6 Å². The molecule has 2 N–H and O–H groups in total. The second kappa shape index (κ2) is 5.24. The Hall–Kier alpha value is -1.29. The number of aliphatic hydroxyl groups excluding tert-OH is 1. The molecule has 1 aliphatic rings. The van der Waals surface area contributed by atoms with E-state index in [9.17, 15) is 5.11 Å². The zero-order valence-corrected chi connectivity index (χ0v) is 12.3. The van der Waals surface area contributed by atoms with Crippen LogP contribution in [0.2, 0.25) is 5.02 Å². The van der Waals surface area contributed by atoms with Gasteiger partial charge in [0.2, 0.25) is 0 Å². The number of nitrogens with one attached hydrogen (secondary N) is 1. The third-order valence-corrected chi connectivity index (χ3v) is 4.44. The molecule has 2 atom stereocenters. The van der Waals surface area contributed by atoms with Crippen LogP contribution in [0, 0.1) is 6.92 Å². The molecule has 106 valence electrons. The first-order valence-corrected chi connectivity index (χ1v) is 7.32. The number of rotatable bonds is 2. The molecule has 3 rings (SSSR count). The molecule has 4 heteroatoms. The average molecular weight is 291 g/mol. The molecule has 0 spiro atoms. The minimum absolute atomic E-state index is 0.0362. The lowest BCUT2D eigenvalue weighted by Crippen LogP contribution is -2.41. The van der Waals surface area contributed by atoms with Gasteiger partial charge in [0.1, 0.15) is 0 Å². The van der Waals surface area contributed by atoms with Crippen molar-refractivity contribution in [3.05, 3.63) is 41.1 Å². The van der Waals surface area contributed by atoms with Crippen molar-refractivity contribution in [2.45, 2.75) is 25.5 Å². The molecular formula is C16H19ClN2O.